The van der Waals surface area contributed by atoms with Crippen LogP contribution < -0.4 is 10.6 Å². The van der Waals surface area contributed by atoms with Gasteiger partial charge in [0.05, 0.1) is 0 Å². The first-order valence-corrected chi connectivity index (χ1v) is 10.6. The zero-order valence-corrected chi connectivity index (χ0v) is 19.0. The van der Waals surface area contributed by atoms with Gasteiger partial charge in [0.15, 0.2) is 0 Å². The number of piperidine rings is 1. The van der Waals surface area contributed by atoms with Crippen molar-refractivity contribution in [1.29, 1.82) is 0 Å². The van der Waals surface area contributed by atoms with E-state index in [4.69, 9.17) is 4.74 Å². The molecule has 1 fully saturated rings. The molecular weight excluding hydrogens is 382 g/mol. The number of likely N-dealkylation sites (tertiary alicyclic amines) is 1. The van der Waals surface area contributed by atoms with Crippen molar-refractivity contribution >= 4 is 17.9 Å². The molecule has 30 heavy (non-hydrogen) atoms. The highest BCUT2D eigenvalue weighted by atomic mass is 16.6. The van der Waals surface area contributed by atoms with Gasteiger partial charge in [0, 0.05) is 24.7 Å². The summed E-state index contributed by atoms with van der Waals surface area (Å²) in [5.74, 6) is -0.505. The van der Waals surface area contributed by atoms with Crippen molar-refractivity contribution in [2.45, 2.75) is 72.1 Å². The molecule has 0 saturated carbocycles. The van der Waals surface area contributed by atoms with Crippen LogP contribution in [-0.4, -0.2) is 53.6 Å². The van der Waals surface area contributed by atoms with Gasteiger partial charge >= 0.3 is 6.09 Å². The monoisotopic (exact) mass is 417 g/mol. The maximum absolute atomic E-state index is 12.9. The molecule has 2 N–H and O–H groups in total. The molecule has 1 saturated heterocycles. The van der Waals surface area contributed by atoms with E-state index < -0.39 is 11.6 Å². The lowest BCUT2D eigenvalue weighted by molar-refractivity contribution is -0.124. The molecule has 7 nitrogen and oxygen atoms in total. The number of carbonyl (C=O) groups is 3. The summed E-state index contributed by atoms with van der Waals surface area (Å²) in [7, 11) is 0. The number of hydrogen-bond donors (Lipinski definition) is 2. The van der Waals surface area contributed by atoms with Crippen molar-refractivity contribution in [2.24, 2.45) is 5.92 Å². The van der Waals surface area contributed by atoms with E-state index in [-0.39, 0.29) is 29.9 Å². The Morgan fingerprint density at radius 2 is 1.77 bits per heavy atom. The number of nitrogens with zero attached hydrogens (tertiary/aromatic N) is 1. The van der Waals surface area contributed by atoms with Gasteiger partial charge < -0.3 is 20.3 Å². The van der Waals surface area contributed by atoms with E-state index >= 15 is 0 Å². The van der Waals surface area contributed by atoms with Crippen LogP contribution in [0.5, 0.6) is 0 Å². The van der Waals surface area contributed by atoms with Gasteiger partial charge in [-0.2, -0.15) is 0 Å². The molecule has 1 atom stereocenters. The minimum atomic E-state index is -0.623. The Morgan fingerprint density at radius 1 is 1.13 bits per heavy atom. The fraction of sp³-hybridized carbons (Fsp3) is 0.609. The summed E-state index contributed by atoms with van der Waals surface area (Å²) < 4.78 is 5.41. The van der Waals surface area contributed by atoms with Gasteiger partial charge in [-0.05, 0) is 58.6 Å². The van der Waals surface area contributed by atoms with Crippen LogP contribution in [-0.2, 0) is 9.53 Å². The zero-order valence-electron chi connectivity index (χ0n) is 19.0. The second-order valence-corrected chi connectivity index (χ2v) is 9.31. The van der Waals surface area contributed by atoms with Crippen LogP contribution in [0.1, 0.15) is 63.4 Å². The number of hydrogen-bond acceptors (Lipinski definition) is 4. The Labute approximate surface area is 179 Å². The molecule has 0 aliphatic carbocycles. The molecular formula is C23H35N3O4. The molecule has 3 amide bonds. The lowest BCUT2D eigenvalue weighted by Gasteiger charge is -2.34. The van der Waals surface area contributed by atoms with Crippen molar-refractivity contribution in [3.8, 4) is 0 Å². The highest BCUT2D eigenvalue weighted by molar-refractivity contribution is 5.97. The first kappa shape index (κ1) is 23.7. The Hall–Kier alpha value is -2.57. The second kappa shape index (κ2) is 9.96. The number of nitrogens with one attached hydrogen (secondary N) is 2. The summed E-state index contributed by atoms with van der Waals surface area (Å²) in [5.41, 5.74) is 1.01. The molecule has 166 valence electrons. The molecule has 1 aliphatic rings. The maximum Gasteiger partial charge on any atom is 0.410 e. The van der Waals surface area contributed by atoms with Crippen molar-refractivity contribution < 1.29 is 19.1 Å². The molecule has 7 heteroatoms. The summed E-state index contributed by atoms with van der Waals surface area (Å²) in [6.07, 6.45) is 0.987. The maximum atomic E-state index is 12.9. The molecule has 1 aromatic rings. The third-order valence-electron chi connectivity index (χ3n) is 5.01. The van der Waals surface area contributed by atoms with Crippen LogP contribution in [0, 0.1) is 12.8 Å². The highest BCUT2D eigenvalue weighted by Crippen LogP contribution is 2.16. The van der Waals surface area contributed by atoms with Crippen LogP contribution in [0.3, 0.4) is 0 Å². The van der Waals surface area contributed by atoms with E-state index in [1.54, 1.807) is 17.0 Å². The van der Waals surface area contributed by atoms with Crippen molar-refractivity contribution in [2.75, 3.05) is 13.1 Å². The smallest absolute Gasteiger partial charge is 0.410 e. The van der Waals surface area contributed by atoms with E-state index in [1.165, 1.54) is 0 Å². The van der Waals surface area contributed by atoms with Crippen LogP contribution in [0.4, 0.5) is 4.79 Å². The van der Waals surface area contributed by atoms with Gasteiger partial charge in [-0.3, -0.25) is 9.59 Å². The summed E-state index contributed by atoms with van der Waals surface area (Å²) in [4.78, 5) is 39.3. The molecule has 0 spiro atoms. The number of carbonyl (C=O) groups excluding carboxylic acids is 3. The first-order chi connectivity index (χ1) is 14.0. The average molecular weight is 418 g/mol. The van der Waals surface area contributed by atoms with Gasteiger partial charge in [-0.15, -0.1) is 0 Å². The molecule has 0 aromatic heterocycles. The molecule has 0 radical (unpaired) electrons. The highest BCUT2D eigenvalue weighted by Gasteiger charge is 2.30. The van der Waals surface area contributed by atoms with E-state index in [9.17, 15) is 14.4 Å². The molecule has 1 aliphatic heterocycles. The van der Waals surface area contributed by atoms with E-state index in [2.05, 4.69) is 10.6 Å². The number of aryl methyl sites for hydroxylation is 1. The normalized spacial score (nSPS) is 16.2. The minimum absolute atomic E-state index is 0.0340. The Balaban J connectivity index is 1.90. The summed E-state index contributed by atoms with van der Waals surface area (Å²) in [6.45, 7) is 12.3. The van der Waals surface area contributed by atoms with Crippen LogP contribution in [0.15, 0.2) is 24.3 Å². The lowest BCUT2D eigenvalue weighted by atomic mass is 10.00. The fourth-order valence-electron chi connectivity index (χ4n) is 3.37. The van der Waals surface area contributed by atoms with Gasteiger partial charge in [0.25, 0.3) is 5.91 Å². The number of amides is 3. The minimum Gasteiger partial charge on any atom is -0.444 e. The first-order valence-electron chi connectivity index (χ1n) is 10.6. The third kappa shape index (κ3) is 7.04. The van der Waals surface area contributed by atoms with Crippen molar-refractivity contribution in [3.63, 3.8) is 0 Å². The quantitative estimate of drug-likeness (QED) is 0.770. The molecule has 1 heterocycles. The Kier molecular flexibility index (Phi) is 7.87. The standard InChI is InChI=1S/C23H35N3O4/c1-15(2)19(25-20(27)17-9-7-8-16(3)14-17)21(28)24-18-10-12-26(13-11-18)22(29)30-23(4,5)6/h7-9,14-15,18-19H,10-13H2,1-6H3,(H,24,28)(H,25,27). The second-order valence-electron chi connectivity index (χ2n) is 9.31. The van der Waals surface area contributed by atoms with E-state index in [0.717, 1.165) is 5.56 Å². The zero-order chi connectivity index (χ0) is 22.5. The number of ether oxygens (including phenoxy) is 1. The number of rotatable bonds is 5. The predicted octanol–water partition coefficient (Wildman–Crippen LogP) is 3.27. The van der Waals surface area contributed by atoms with E-state index in [1.807, 2.05) is 53.7 Å². The van der Waals surface area contributed by atoms with Gasteiger partial charge in [-0.25, -0.2) is 4.79 Å². The van der Waals surface area contributed by atoms with Crippen LogP contribution >= 0.6 is 0 Å². The fourth-order valence-corrected chi connectivity index (χ4v) is 3.37. The summed E-state index contributed by atoms with van der Waals surface area (Å²) in [6, 6.07) is 6.64. The lowest BCUT2D eigenvalue weighted by Crippen LogP contribution is -2.54. The molecule has 1 unspecified atom stereocenters. The predicted molar refractivity (Wildman–Crippen MR) is 116 cm³/mol. The SMILES string of the molecule is Cc1cccc(C(=O)NC(C(=O)NC2CCN(C(=O)OC(C)(C)C)CC2)C(C)C)c1. The van der Waals surface area contributed by atoms with E-state index in [0.29, 0.717) is 31.5 Å². The average Bonchev–Trinajstić information content (AvgIpc) is 2.64. The van der Waals surface area contributed by atoms with Crippen LogP contribution in [0.25, 0.3) is 0 Å². The van der Waals surface area contributed by atoms with Gasteiger partial charge in [0.2, 0.25) is 5.91 Å². The van der Waals surface area contributed by atoms with Crippen LogP contribution in [0.2, 0.25) is 0 Å². The van der Waals surface area contributed by atoms with Crippen molar-refractivity contribution in [1.82, 2.24) is 15.5 Å². The summed E-state index contributed by atoms with van der Waals surface area (Å²) in [5, 5.41) is 5.91. The van der Waals surface area contributed by atoms with Gasteiger partial charge in [0.1, 0.15) is 11.6 Å². The Bertz CT molecular complexity index is 762. The number of benzene rings is 1. The third-order valence-corrected chi connectivity index (χ3v) is 5.01. The Morgan fingerprint density at radius 3 is 2.30 bits per heavy atom. The topological polar surface area (TPSA) is 87.7 Å². The largest absolute Gasteiger partial charge is 0.444 e. The van der Waals surface area contributed by atoms with Crippen molar-refractivity contribution in [3.05, 3.63) is 35.4 Å². The molecule has 2 rings (SSSR count). The molecule has 1 aromatic carbocycles. The molecule has 0 bridgehead atoms. The summed E-state index contributed by atoms with van der Waals surface area (Å²) >= 11 is 0. The van der Waals surface area contributed by atoms with Gasteiger partial charge in [-0.1, -0.05) is 31.5 Å².